The number of hydrogen-bond donors (Lipinski definition) is 0. The third-order valence-electron chi connectivity index (χ3n) is 1.07. The molecule has 11 heavy (non-hydrogen) atoms. The largest absolute Gasteiger partial charge is 0.467 e. The Morgan fingerprint density at radius 1 is 1.18 bits per heavy atom. The molecular weight excluding hydrogens is 175 g/mol. The molecule has 0 aliphatic rings. The van der Waals surface area contributed by atoms with Gasteiger partial charge in [-0.25, -0.2) is 0 Å². The van der Waals surface area contributed by atoms with Gasteiger partial charge < -0.3 is 4.52 Å². The van der Waals surface area contributed by atoms with E-state index in [1.807, 2.05) is 43.7 Å². The zero-order chi connectivity index (χ0) is 8.32. The van der Waals surface area contributed by atoms with Gasteiger partial charge in [0.1, 0.15) is 12.0 Å². The van der Waals surface area contributed by atoms with E-state index in [0.717, 1.165) is 5.75 Å². The number of rotatable bonds is 2. The maximum Gasteiger partial charge on any atom is 0.124 e. The van der Waals surface area contributed by atoms with Gasteiger partial charge in [0, 0.05) is 0 Å². The van der Waals surface area contributed by atoms with Gasteiger partial charge in [0.2, 0.25) is 0 Å². The minimum atomic E-state index is -1.55. The van der Waals surface area contributed by atoms with Gasteiger partial charge in [-0.1, -0.05) is 30.0 Å². The second kappa shape index (κ2) is 3.38. The van der Waals surface area contributed by atoms with Crippen molar-refractivity contribution in [3.05, 3.63) is 30.3 Å². The summed E-state index contributed by atoms with van der Waals surface area (Å²) in [7, 11) is 0. The topological polar surface area (TPSA) is 9.23 Å². The average Bonchev–Trinajstić information content (AvgIpc) is 1.85. The lowest BCUT2D eigenvalue weighted by Crippen LogP contribution is -1.86. The monoisotopic (exact) mass is 186 g/mol. The summed E-state index contributed by atoms with van der Waals surface area (Å²) in [5.41, 5.74) is 0. The molecular formula is C8H11OPS. The normalized spacial score (nSPS) is 11.1. The van der Waals surface area contributed by atoms with E-state index in [1.54, 1.807) is 0 Å². The molecule has 1 rings (SSSR count). The fourth-order valence-corrected chi connectivity index (χ4v) is 1.62. The molecule has 0 unspecified atom stereocenters. The summed E-state index contributed by atoms with van der Waals surface area (Å²) in [4.78, 5) is 0. The molecule has 0 amide bonds. The minimum Gasteiger partial charge on any atom is -0.467 e. The lowest BCUT2D eigenvalue weighted by Gasteiger charge is -2.12. The smallest absolute Gasteiger partial charge is 0.124 e. The zero-order valence-corrected chi connectivity index (χ0v) is 8.36. The maximum absolute atomic E-state index is 5.53. The van der Waals surface area contributed by atoms with E-state index in [1.165, 1.54) is 0 Å². The van der Waals surface area contributed by atoms with Crippen molar-refractivity contribution in [1.82, 2.24) is 0 Å². The Bertz CT molecular complexity index is 265. The molecule has 3 heteroatoms. The van der Waals surface area contributed by atoms with Gasteiger partial charge in [0.05, 0.1) is 0 Å². The quantitative estimate of drug-likeness (QED) is 0.657. The van der Waals surface area contributed by atoms with Crippen LogP contribution in [0.4, 0.5) is 0 Å². The molecule has 0 N–H and O–H groups in total. The summed E-state index contributed by atoms with van der Waals surface area (Å²) < 4.78 is 5.53. The SMILES string of the molecule is CP(C)(=S)Oc1ccccc1. The van der Waals surface area contributed by atoms with Crippen LogP contribution in [0.15, 0.2) is 30.3 Å². The summed E-state index contributed by atoms with van der Waals surface area (Å²) in [6, 6.07) is 9.70. The molecule has 1 aromatic rings. The van der Waals surface area contributed by atoms with Gasteiger partial charge in [0.25, 0.3) is 0 Å². The van der Waals surface area contributed by atoms with Crippen LogP contribution in [0.1, 0.15) is 0 Å². The van der Waals surface area contributed by atoms with Crippen LogP contribution in [-0.2, 0) is 11.8 Å². The molecule has 60 valence electrons. The second-order valence-corrected chi connectivity index (χ2v) is 7.98. The van der Waals surface area contributed by atoms with E-state index in [9.17, 15) is 0 Å². The van der Waals surface area contributed by atoms with E-state index >= 15 is 0 Å². The predicted molar refractivity (Wildman–Crippen MR) is 53.2 cm³/mol. The lowest BCUT2D eigenvalue weighted by molar-refractivity contribution is 0.621. The molecule has 0 saturated carbocycles. The van der Waals surface area contributed by atoms with Crippen molar-refractivity contribution in [1.29, 1.82) is 0 Å². The molecule has 0 radical (unpaired) electrons. The highest BCUT2D eigenvalue weighted by Gasteiger charge is 2.01. The van der Waals surface area contributed by atoms with E-state index in [-0.39, 0.29) is 0 Å². The van der Waals surface area contributed by atoms with Crippen LogP contribution < -0.4 is 4.52 Å². The summed E-state index contributed by atoms with van der Waals surface area (Å²) >= 11 is 5.16. The number of para-hydroxylation sites is 1. The third-order valence-corrected chi connectivity index (χ3v) is 1.94. The molecule has 0 heterocycles. The highest BCUT2D eigenvalue weighted by molar-refractivity contribution is 8.11. The number of benzene rings is 1. The molecule has 0 bridgehead atoms. The molecule has 0 atom stereocenters. The van der Waals surface area contributed by atoms with Crippen molar-refractivity contribution >= 4 is 18.1 Å². The van der Waals surface area contributed by atoms with Crippen LogP contribution >= 0.6 is 6.26 Å². The fourth-order valence-electron chi connectivity index (χ4n) is 0.735. The highest BCUT2D eigenvalue weighted by Crippen LogP contribution is 2.38. The second-order valence-electron chi connectivity index (χ2n) is 2.66. The molecule has 0 aliphatic carbocycles. The average molecular weight is 186 g/mol. The molecule has 0 fully saturated rings. The first kappa shape index (κ1) is 8.76. The molecule has 1 nitrogen and oxygen atoms in total. The van der Waals surface area contributed by atoms with Crippen LogP contribution in [0.5, 0.6) is 5.75 Å². The lowest BCUT2D eigenvalue weighted by atomic mass is 10.3. The third kappa shape index (κ3) is 3.54. The van der Waals surface area contributed by atoms with Crippen LogP contribution in [0.2, 0.25) is 0 Å². The number of hydrogen-bond acceptors (Lipinski definition) is 2. The van der Waals surface area contributed by atoms with Crippen molar-refractivity contribution < 1.29 is 4.52 Å². The highest BCUT2D eigenvalue weighted by atomic mass is 32.4. The summed E-state index contributed by atoms with van der Waals surface area (Å²) in [6.07, 6.45) is -1.55. The van der Waals surface area contributed by atoms with Crippen molar-refractivity contribution in [2.75, 3.05) is 13.3 Å². The van der Waals surface area contributed by atoms with Crippen LogP contribution in [0, 0.1) is 0 Å². The predicted octanol–water partition coefficient (Wildman–Crippen LogP) is 2.72. The Morgan fingerprint density at radius 3 is 2.18 bits per heavy atom. The summed E-state index contributed by atoms with van der Waals surface area (Å²) in [5, 5.41) is 0. The summed E-state index contributed by atoms with van der Waals surface area (Å²) in [6.45, 7) is 3.94. The van der Waals surface area contributed by atoms with Crippen molar-refractivity contribution in [3.8, 4) is 5.75 Å². The van der Waals surface area contributed by atoms with Gasteiger partial charge in [0.15, 0.2) is 0 Å². The molecule has 0 spiro atoms. The Morgan fingerprint density at radius 2 is 1.73 bits per heavy atom. The minimum absolute atomic E-state index is 0.876. The van der Waals surface area contributed by atoms with Crippen molar-refractivity contribution in [2.45, 2.75) is 0 Å². The van der Waals surface area contributed by atoms with E-state index in [0.29, 0.717) is 0 Å². The Balaban J connectivity index is 2.74. The van der Waals surface area contributed by atoms with Crippen molar-refractivity contribution in [3.63, 3.8) is 0 Å². The molecule has 0 aromatic heterocycles. The standard InChI is InChI=1S/C8H11OPS/c1-10(2,11)9-8-6-4-3-5-7-8/h3-7H,1-2H3. The fraction of sp³-hybridized carbons (Fsp3) is 0.250. The Hall–Kier alpha value is -0.330. The van der Waals surface area contributed by atoms with Crippen molar-refractivity contribution in [2.24, 2.45) is 0 Å². The Labute approximate surface area is 72.5 Å². The van der Waals surface area contributed by atoms with E-state index in [4.69, 9.17) is 16.3 Å². The first-order chi connectivity index (χ1) is 5.08. The van der Waals surface area contributed by atoms with Gasteiger partial charge in [-0.15, -0.1) is 0 Å². The van der Waals surface area contributed by atoms with Gasteiger partial charge in [-0.2, -0.15) is 0 Å². The van der Waals surface area contributed by atoms with Gasteiger partial charge in [-0.3, -0.25) is 0 Å². The molecule has 1 aromatic carbocycles. The first-order valence-electron chi connectivity index (χ1n) is 3.37. The molecule has 0 aliphatic heterocycles. The Kier molecular flexibility index (Phi) is 2.69. The van der Waals surface area contributed by atoms with Crippen LogP contribution in [0.25, 0.3) is 0 Å². The molecule has 0 saturated heterocycles. The van der Waals surface area contributed by atoms with E-state index < -0.39 is 6.26 Å². The van der Waals surface area contributed by atoms with Crippen LogP contribution in [0.3, 0.4) is 0 Å². The van der Waals surface area contributed by atoms with Gasteiger partial charge >= 0.3 is 0 Å². The van der Waals surface area contributed by atoms with Gasteiger partial charge in [-0.05, 0) is 25.5 Å². The van der Waals surface area contributed by atoms with E-state index in [2.05, 4.69) is 0 Å². The zero-order valence-electron chi connectivity index (χ0n) is 6.65. The maximum atomic E-state index is 5.53. The first-order valence-corrected chi connectivity index (χ1v) is 6.99. The summed E-state index contributed by atoms with van der Waals surface area (Å²) in [5.74, 6) is 0.876. The van der Waals surface area contributed by atoms with Crippen LogP contribution in [-0.4, -0.2) is 13.3 Å².